The van der Waals surface area contributed by atoms with E-state index < -0.39 is 0 Å². The van der Waals surface area contributed by atoms with Gasteiger partial charge in [-0.3, -0.25) is 4.79 Å². The van der Waals surface area contributed by atoms with Gasteiger partial charge in [0.1, 0.15) is 0 Å². The van der Waals surface area contributed by atoms with E-state index in [1.165, 1.54) is 6.42 Å². The number of nitrogens with zero attached hydrogens (tertiary/aromatic N) is 1. The minimum atomic E-state index is 0.130. The fourth-order valence-electron chi connectivity index (χ4n) is 2.59. The summed E-state index contributed by atoms with van der Waals surface area (Å²) in [6, 6.07) is 5.53. The van der Waals surface area contributed by atoms with Crippen molar-refractivity contribution in [2.45, 2.75) is 33.6 Å². The van der Waals surface area contributed by atoms with E-state index >= 15 is 0 Å². The molecule has 1 aliphatic rings. The molecule has 0 saturated carbocycles. The number of piperidine rings is 1. The van der Waals surface area contributed by atoms with Crippen LogP contribution in [0.25, 0.3) is 0 Å². The minimum absolute atomic E-state index is 0.130. The summed E-state index contributed by atoms with van der Waals surface area (Å²) in [5.74, 6) is 0.130. The first-order valence-electron chi connectivity index (χ1n) is 6.54. The molecule has 1 saturated heterocycles. The van der Waals surface area contributed by atoms with Gasteiger partial charge < -0.3 is 10.6 Å². The highest BCUT2D eigenvalue weighted by atomic mass is 16.2. The summed E-state index contributed by atoms with van der Waals surface area (Å²) in [5, 5.41) is 0. The molecular weight excluding hydrogens is 224 g/mol. The van der Waals surface area contributed by atoms with Gasteiger partial charge in [0.05, 0.1) is 0 Å². The first-order valence-corrected chi connectivity index (χ1v) is 6.54. The molecule has 0 aromatic heterocycles. The number of carbonyl (C=O) groups is 1. The van der Waals surface area contributed by atoms with Crippen LogP contribution in [0.1, 0.15) is 42.6 Å². The van der Waals surface area contributed by atoms with Gasteiger partial charge in [0.25, 0.3) is 5.91 Å². The molecule has 1 fully saturated rings. The molecule has 0 spiro atoms. The van der Waals surface area contributed by atoms with E-state index in [1.54, 1.807) is 0 Å². The number of hydrogen-bond donors (Lipinski definition) is 1. The van der Waals surface area contributed by atoms with Crippen molar-refractivity contribution in [1.29, 1.82) is 0 Å². The number of nitrogen functional groups attached to an aromatic ring is 1. The van der Waals surface area contributed by atoms with E-state index in [2.05, 4.69) is 13.8 Å². The van der Waals surface area contributed by atoms with Crippen LogP contribution >= 0.6 is 0 Å². The number of carbonyl (C=O) groups excluding carboxylic acids is 1. The third-order valence-corrected chi connectivity index (χ3v) is 3.70. The predicted octanol–water partition coefficient (Wildman–Crippen LogP) is 2.84. The summed E-state index contributed by atoms with van der Waals surface area (Å²) >= 11 is 0. The highest BCUT2D eigenvalue weighted by molar-refractivity contribution is 5.95. The fourth-order valence-corrected chi connectivity index (χ4v) is 2.59. The fraction of sp³-hybridized carbons (Fsp3) is 0.533. The number of benzene rings is 1. The van der Waals surface area contributed by atoms with Crippen molar-refractivity contribution >= 4 is 11.6 Å². The van der Waals surface area contributed by atoms with Crippen LogP contribution in [0, 0.1) is 12.3 Å². The number of hydrogen-bond acceptors (Lipinski definition) is 2. The zero-order valence-corrected chi connectivity index (χ0v) is 11.5. The van der Waals surface area contributed by atoms with Gasteiger partial charge in [-0.2, -0.15) is 0 Å². The van der Waals surface area contributed by atoms with Crippen molar-refractivity contribution in [2.24, 2.45) is 5.41 Å². The van der Waals surface area contributed by atoms with E-state index in [9.17, 15) is 4.79 Å². The summed E-state index contributed by atoms with van der Waals surface area (Å²) in [7, 11) is 0. The molecular formula is C15H22N2O. The molecule has 3 heteroatoms. The molecule has 98 valence electrons. The van der Waals surface area contributed by atoms with E-state index in [4.69, 9.17) is 5.73 Å². The van der Waals surface area contributed by atoms with Crippen LogP contribution in [0.4, 0.5) is 5.69 Å². The van der Waals surface area contributed by atoms with Crippen LogP contribution in [0.15, 0.2) is 18.2 Å². The second-order valence-electron chi connectivity index (χ2n) is 6.07. The summed E-state index contributed by atoms with van der Waals surface area (Å²) in [5.41, 5.74) is 8.48. The zero-order valence-electron chi connectivity index (χ0n) is 11.5. The molecule has 18 heavy (non-hydrogen) atoms. The van der Waals surface area contributed by atoms with Gasteiger partial charge in [-0.25, -0.2) is 0 Å². The number of amides is 1. The maximum absolute atomic E-state index is 12.4. The zero-order chi connectivity index (χ0) is 13.3. The minimum Gasteiger partial charge on any atom is -0.399 e. The SMILES string of the molecule is Cc1cc(C(=O)N2CCCC(C)(C)C2)ccc1N. The largest absolute Gasteiger partial charge is 0.399 e. The average molecular weight is 246 g/mol. The number of likely N-dealkylation sites (tertiary alicyclic amines) is 1. The van der Waals surface area contributed by atoms with Gasteiger partial charge in [0.2, 0.25) is 0 Å². The number of aryl methyl sites for hydroxylation is 1. The predicted molar refractivity (Wildman–Crippen MR) is 74.5 cm³/mol. The molecule has 1 aromatic carbocycles. The molecule has 1 heterocycles. The lowest BCUT2D eigenvalue weighted by Crippen LogP contribution is -2.43. The molecule has 0 bridgehead atoms. The van der Waals surface area contributed by atoms with Crippen LogP contribution in [-0.4, -0.2) is 23.9 Å². The summed E-state index contributed by atoms with van der Waals surface area (Å²) in [6.45, 7) is 8.09. The Hall–Kier alpha value is -1.51. The topological polar surface area (TPSA) is 46.3 Å². The first kappa shape index (κ1) is 12.9. The number of anilines is 1. The van der Waals surface area contributed by atoms with Gasteiger partial charge in [-0.05, 0) is 48.9 Å². The van der Waals surface area contributed by atoms with Crippen LogP contribution < -0.4 is 5.73 Å². The van der Waals surface area contributed by atoms with Gasteiger partial charge in [0, 0.05) is 24.3 Å². The third-order valence-electron chi connectivity index (χ3n) is 3.70. The number of rotatable bonds is 1. The van der Waals surface area contributed by atoms with E-state index in [-0.39, 0.29) is 11.3 Å². The van der Waals surface area contributed by atoms with Crippen LogP contribution in [0.3, 0.4) is 0 Å². The molecule has 0 aliphatic carbocycles. The van der Waals surface area contributed by atoms with Crippen LogP contribution in [-0.2, 0) is 0 Å². The molecule has 0 atom stereocenters. The lowest BCUT2D eigenvalue weighted by Gasteiger charge is -2.38. The summed E-state index contributed by atoms with van der Waals surface area (Å²) in [4.78, 5) is 14.4. The second-order valence-corrected chi connectivity index (χ2v) is 6.07. The highest BCUT2D eigenvalue weighted by Crippen LogP contribution is 2.29. The lowest BCUT2D eigenvalue weighted by molar-refractivity contribution is 0.0583. The molecule has 1 aliphatic heterocycles. The van der Waals surface area contributed by atoms with E-state index in [1.807, 2.05) is 30.0 Å². The van der Waals surface area contributed by atoms with Gasteiger partial charge >= 0.3 is 0 Å². The summed E-state index contributed by atoms with van der Waals surface area (Å²) < 4.78 is 0. The van der Waals surface area contributed by atoms with Crippen LogP contribution in [0.5, 0.6) is 0 Å². The van der Waals surface area contributed by atoms with Crippen molar-refractivity contribution in [2.75, 3.05) is 18.8 Å². The Morgan fingerprint density at radius 2 is 2.11 bits per heavy atom. The van der Waals surface area contributed by atoms with Crippen molar-refractivity contribution in [3.63, 3.8) is 0 Å². The lowest BCUT2D eigenvalue weighted by atomic mass is 9.84. The molecule has 1 aromatic rings. The Kier molecular flexibility index (Phi) is 3.33. The van der Waals surface area contributed by atoms with Crippen molar-refractivity contribution < 1.29 is 4.79 Å². The quantitative estimate of drug-likeness (QED) is 0.774. The molecule has 3 nitrogen and oxygen atoms in total. The van der Waals surface area contributed by atoms with E-state index in [0.29, 0.717) is 0 Å². The Morgan fingerprint density at radius 3 is 2.72 bits per heavy atom. The monoisotopic (exact) mass is 246 g/mol. The second kappa shape index (κ2) is 4.63. The Bertz CT molecular complexity index is 466. The van der Waals surface area contributed by atoms with Crippen molar-refractivity contribution in [3.05, 3.63) is 29.3 Å². The molecule has 1 amide bonds. The Morgan fingerprint density at radius 1 is 1.39 bits per heavy atom. The standard InChI is InChI=1S/C15H22N2O/c1-11-9-12(5-6-13(11)16)14(18)17-8-4-7-15(2,3)10-17/h5-6,9H,4,7-8,10,16H2,1-3H3. The first-order chi connectivity index (χ1) is 8.39. The van der Waals surface area contributed by atoms with Crippen LogP contribution in [0.2, 0.25) is 0 Å². The number of nitrogens with two attached hydrogens (primary N) is 1. The normalized spacial score (nSPS) is 18.7. The third kappa shape index (κ3) is 2.66. The Balaban J connectivity index is 2.18. The average Bonchev–Trinajstić information content (AvgIpc) is 2.30. The smallest absolute Gasteiger partial charge is 0.253 e. The van der Waals surface area contributed by atoms with Gasteiger partial charge in [0.15, 0.2) is 0 Å². The molecule has 0 radical (unpaired) electrons. The van der Waals surface area contributed by atoms with Gasteiger partial charge in [-0.15, -0.1) is 0 Å². The highest BCUT2D eigenvalue weighted by Gasteiger charge is 2.29. The van der Waals surface area contributed by atoms with Crippen molar-refractivity contribution in [3.8, 4) is 0 Å². The molecule has 2 rings (SSSR count). The molecule has 2 N–H and O–H groups in total. The maximum atomic E-state index is 12.4. The molecule has 0 unspecified atom stereocenters. The summed E-state index contributed by atoms with van der Waals surface area (Å²) in [6.07, 6.45) is 2.28. The van der Waals surface area contributed by atoms with E-state index in [0.717, 1.165) is 36.3 Å². The maximum Gasteiger partial charge on any atom is 0.253 e. The Labute approximate surface area is 109 Å². The van der Waals surface area contributed by atoms with Gasteiger partial charge in [-0.1, -0.05) is 13.8 Å². The van der Waals surface area contributed by atoms with Crippen molar-refractivity contribution in [1.82, 2.24) is 4.90 Å².